The number of aromatic carboxylic acids is 1. The summed E-state index contributed by atoms with van der Waals surface area (Å²) >= 11 is 0. The standard InChI is InChI=1S/C21H21N5O2/c1-12(2)25(3)19-11-15-9-14(21(27)28)5-7-16(15)22-20(19)13-6-8-18-17(10-13)23-24-26(18)4/h5-12H,1-4H3,(H,27,28). The maximum atomic E-state index is 11.3. The lowest BCUT2D eigenvalue weighted by Crippen LogP contribution is -2.26. The first-order valence-electron chi connectivity index (χ1n) is 9.06. The van der Waals surface area contributed by atoms with Gasteiger partial charge in [-0.05, 0) is 50.2 Å². The fourth-order valence-corrected chi connectivity index (χ4v) is 3.25. The topological polar surface area (TPSA) is 84.1 Å². The van der Waals surface area contributed by atoms with Crippen molar-refractivity contribution in [1.29, 1.82) is 0 Å². The van der Waals surface area contributed by atoms with Gasteiger partial charge in [-0.25, -0.2) is 14.5 Å². The Morgan fingerprint density at radius 3 is 2.61 bits per heavy atom. The van der Waals surface area contributed by atoms with E-state index in [4.69, 9.17) is 4.98 Å². The lowest BCUT2D eigenvalue weighted by molar-refractivity contribution is 0.0697. The van der Waals surface area contributed by atoms with E-state index in [-0.39, 0.29) is 11.6 Å². The number of pyridine rings is 1. The Morgan fingerprint density at radius 2 is 1.89 bits per heavy atom. The van der Waals surface area contributed by atoms with Crippen LogP contribution in [0.25, 0.3) is 33.2 Å². The Labute approximate surface area is 162 Å². The molecular weight excluding hydrogens is 354 g/mol. The number of hydrogen-bond acceptors (Lipinski definition) is 5. The number of carbonyl (C=O) groups is 1. The number of aromatic nitrogens is 4. The van der Waals surface area contributed by atoms with Crippen LogP contribution in [0.1, 0.15) is 24.2 Å². The lowest BCUT2D eigenvalue weighted by Gasteiger charge is -2.26. The van der Waals surface area contributed by atoms with E-state index < -0.39 is 5.97 Å². The van der Waals surface area contributed by atoms with Gasteiger partial charge in [-0.3, -0.25) is 0 Å². The molecule has 0 radical (unpaired) electrons. The lowest BCUT2D eigenvalue weighted by atomic mass is 10.0. The first kappa shape index (κ1) is 17.9. The molecule has 0 amide bonds. The van der Waals surface area contributed by atoms with Crippen LogP contribution in [-0.4, -0.2) is 44.1 Å². The molecular formula is C21H21N5O2. The number of fused-ring (bicyclic) bond motifs is 2. The molecule has 0 atom stereocenters. The maximum absolute atomic E-state index is 11.3. The summed E-state index contributed by atoms with van der Waals surface area (Å²) in [6.07, 6.45) is 0. The fourth-order valence-electron chi connectivity index (χ4n) is 3.25. The summed E-state index contributed by atoms with van der Waals surface area (Å²) in [6, 6.07) is 13.2. The van der Waals surface area contributed by atoms with Crippen LogP contribution in [0.5, 0.6) is 0 Å². The highest BCUT2D eigenvalue weighted by atomic mass is 16.4. The van der Waals surface area contributed by atoms with Gasteiger partial charge < -0.3 is 10.0 Å². The Morgan fingerprint density at radius 1 is 1.11 bits per heavy atom. The molecule has 2 aromatic carbocycles. The molecule has 2 aromatic heterocycles. The molecule has 1 N–H and O–H groups in total. The van der Waals surface area contributed by atoms with Crippen LogP contribution in [0.2, 0.25) is 0 Å². The number of carboxylic acids is 1. The highest BCUT2D eigenvalue weighted by Crippen LogP contribution is 2.34. The van der Waals surface area contributed by atoms with Crippen LogP contribution in [0.3, 0.4) is 0 Å². The van der Waals surface area contributed by atoms with Gasteiger partial charge in [-0.15, -0.1) is 5.10 Å². The zero-order valence-electron chi connectivity index (χ0n) is 16.2. The summed E-state index contributed by atoms with van der Waals surface area (Å²) in [6.45, 7) is 4.21. The first-order valence-corrected chi connectivity index (χ1v) is 9.06. The van der Waals surface area contributed by atoms with Crippen LogP contribution in [0, 0.1) is 0 Å². The van der Waals surface area contributed by atoms with Crippen molar-refractivity contribution in [3.05, 3.63) is 48.0 Å². The molecule has 7 nitrogen and oxygen atoms in total. The molecule has 4 rings (SSSR count). The molecule has 0 aliphatic heterocycles. The van der Waals surface area contributed by atoms with Crippen molar-refractivity contribution in [2.24, 2.45) is 7.05 Å². The van der Waals surface area contributed by atoms with Crippen molar-refractivity contribution in [2.75, 3.05) is 11.9 Å². The molecule has 0 fully saturated rings. The Balaban J connectivity index is 1.97. The van der Waals surface area contributed by atoms with Crippen LogP contribution in [0.15, 0.2) is 42.5 Å². The van der Waals surface area contributed by atoms with Gasteiger partial charge in [0.2, 0.25) is 0 Å². The van der Waals surface area contributed by atoms with Crippen molar-refractivity contribution < 1.29 is 9.90 Å². The van der Waals surface area contributed by atoms with Gasteiger partial charge in [0.05, 0.1) is 28.0 Å². The van der Waals surface area contributed by atoms with Crippen LogP contribution >= 0.6 is 0 Å². The monoisotopic (exact) mass is 375 g/mol. The molecule has 0 aliphatic rings. The number of hydrogen-bond donors (Lipinski definition) is 1. The SMILES string of the molecule is CC(C)N(C)c1cc2cc(C(=O)O)ccc2nc1-c1ccc2c(c1)nnn2C. The van der Waals surface area contributed by atoms with Gasteiger partial charge >= 0.3 is 5.97 Å². The second kappa shape index (κ2) is 6.60. The Bertz CT molecular complexity index is 1210. The normalized spacial score (nSPS) is 11.5. The molecule has 4 aromatic rings. The quantitative estimate of drug-likeness (QED) is 0.585. The average Bonchev–Trinajstić information content (AvgIpc) is 3.06. The average molecular weight is 375 g/mol. The number of rotatable bonds is 4. The summed E-state index contributed by atoms with van der Waals surface area (Å²) in [5, 5.41) is 18.4. The Kier molecular flexibility index (Phi) is 4.22. The van der Waals surface area contributed by atoms with Crippen molar-refractivity contribution in [2.45, 2.75) is 19.9 Å². The highest BCUT2D eigenvalue weighted by molar-refractivity contribution is 5.96. The van der Waals surface area contributed by atoms with Crippen LogP contribution in [-0.2, 0) is 7.05 Å². The minimum Gasteiger partial charge on any atom is -0.478 e. The second-order valence-electron chi connectivity index (χ2n) is 7.19. The molecule has 7 heteroatoms. The maximum Gasteiger partial charge on any atom is 0.335 e. The summed E-state index contributed by atoms with van der Waals surface area (Å²) in [5.74, 6) is -0.946. The van der Waals surface area contributed by atoms with Crippen molar-refractivity contribution in [3.8, 4) is 11.3 Å². The number of nitrogens with zero attached hydrogens (tertiary/aromatic N) is 5. The van der Waals surface area contributed by atoms with E-state index in [1.807, 2.05) is 38.4 Å². The van der Waals surface area contributed by atoms with Gasteiger partial charge in [0.1, 0.15) is 5.52 Å². The van der Waals surface area contributed by atoms with Gasteiger partial charge in [-0.2, -0.15) is 0 Å². The van der Waals surface area contributed by atoms with Crippen molar-refractivity contribution in [1.82, 2.24) is 20.0 Å². The summed E-state index contributed by atoms with van der Waals surface area (Å²) in [5.41, 5.74) is 5.48. The third kappa shape index (κ3) is 2.94. The molecule has 2 heterocycles. The van der Waals surface area contributed by atoms with E-state index in [9.17, 15) is 9.90 Å². The predicted octanol–water partition coefficient (Wildman–Crippen LogP) is 3.73. The van der Waals surface area contributed by atoms with Gasteiger partial charge in [0.15, 0.2) is 0 Å². The van der Waals surface area contributed by atoms with Gasteiger partial charge in [-0.1, -0.05) is 11.3 Å². The summed E-state index contributed by atoms with van der Waals surface area (Å²) in [7, 11) is 3.88. The largest absolute Gasteiger partial charge is 0.478 e. The van der Waals surface area contributed by atoms with Gasteiger partial charge in [0.25, 0.3) is 0 Å². The summed E-state index contributed by atoms with van der Waals surface area (Å²) < 4.78 is 1.74. The van der Waals surface area contributed by atoms with Crippen LogP contribution < -0.4 is 4.90 Å². The van der Waals surface area contributed by atoms with E-state index in [2.05, 4.69) is 29.1 Å². The Hall–Kier alpha value is -3.48. The zero-order valence-corrected chi connectivity index (χ0v) is 16.2. The fraction of sp³-hybridized carbons (Fsp3) is 0.238. The molecule has 0 saturated carbocycles. The third-order valence-corrected chi connectivity index (χ3v) is 5.08. The van der Waals surface area contributed by atoms with Gasteiger partial charge in [0, 0.05) is 31.1 Å². The molecule has 0 saturated heterocycles. The number of benzene rings is 2. The second-order valence-corrected chi connectivity index (χ2v) is 7.19. The zero-order chi connectivity index (χ0) is 20.0. The first-order chi connectivity index (χ1) is 13.3. The molecule has 0 aliphatic carbocycles. The number of anilines is 1. The van der Waals surface area contributed by atoms with E-state index in [0.29, 0.717) is 0 Å². The van der Waals surface area contributed by atoms with E-state index in [0.717, 1.165) is 38.9 Å². The van der Waals surface area contributed by atoms with Crippen molar-refractivity contribution >= 4 is 33.6 Å². The summed E-state index contributed by atoms with van der Waals surface area (Å²) in [4.78, 5) is 18.3. The number of carboxylic acid groups (broad SMARTS) is 1. The number of aryl methyl sites for hydroxylation is 1. The van der Waals surface area contributed by atoms with E-state index in [1.54, 1.807) is 22.9 Å². The highest BCUT2D eigenvalue weighted by Gasteiger charge is 2.17. The minimum atomic E-state index is -0.946. The smallest absolute Gasteiger partial charge is 0.335 e. The third-order valence-electron chi connectivity index (χ3n) is 5.08. The molecule has 0 spiro atoms. The van der Waals surface area contributed by atoms with Crippen molar-refractivity contribution in [3.63, 3.8) is 0 Å². The predicted molar refractivity (Wildman–Crippen MR) is 110 cm³/mol. The van der Waals surface area contributed by atoms with E-state index in [1.165, 1.54) is 0 Å². The molecule has 0 unspecified atom stereocenters. The minimum absolute atomic E-state index is 0.251. The van der Waals surface area contributed by atoms with E-state index >= 15 is 0 Å². The molecule has 142 valence electrons. The molecule has 0 bridgehead atoms. The van der Waals surface area contributed by atoms with Crippen LogP contribution in [0.4, 0.5) is 5.69 Å². The molecule has 28 heavy (non-hydrogen) atoms.